The Morgan fingerprint density at radius 3 is 2.59 bits per heavy atom. The summed E-state index contributed by atoms with van der Waals surface area (Å²) < 4.78 is 10.6. The Labute approximate surface area is 159 Å². The van der Waals surface area contributed by atoms with Gasteiger partial charge in [-0.05, 0) is 43.2 Å². The van der Waals surface area contributed by atoms with Gasteiger partial charge in [0.05, 0.1) is 14.2 Å². The summed E-state index contributed by atoms with van der Waals surface area (Å²) in [5, 5.41) is 12.5. The third-order valence-electron chi connectivity index (χ3n) is 5.05. The molecule has 1 heterocycles. The van der Waals surface area contributed by atoms with Gasteiger partial charge in [0.15, 0.2) is 11.5 Å². The Morgan fingerprint density at radius 2 is 1.93 bits per heavy atom. The van der Waals surface area contributed by atoms with Crippen molar-refractivity contribution in [2.45, 2.75) is 51.6 Å². The highest BCUT2D eigenvalue weighted by molar-refractivity contribution is 5.76. The van der Waals surface area contributed by atoms with Crippen LogP contribution < -0.4 is 9.47 Å². The lowest BCUT2D eigenvalue weighted by Crippen LogP contribution is -2.43. The molecule has 1 aliphatic carbocycles. The number of tetrazole rings is 1. The maximum atomic E-state index is 12.7. The van der Waals surface area contributed by atoms with Gasteiger partial charge in [-0.15, -0.1) is 10.2 Å². The van der Waals surface area contributed by atoms with Gasteiger partial charge >= 0.3 is 0 Å². The van der Waals surface area contributed by atoms with Crippen LogP contribution in [0.3, 0.4) is 0 Å². The summed E-state index contributed by atoms with van der Waals surface area (Å²) in [5.41, 5.74) is 0.756. The first-order valence-corrected chi connectivity index (χ1v) is 9.46. The van der Waals surface area contributed by atoms with E-state index in [4.69, 9.17) is 9.47 Å². The third-order valence-corrected chi connectivity index (χ3v) is 5.05. The summed E-state index contributed by atoms with van der Waals surface area (Å²) in [7, 11) is 3.17. The summed E-state index contributed by atoms with van der Waals surface area (Å²) >= 11 is 0. The first kappa shape index (κ1) is 19.1. The highest BCUT2D eigenvalue weighted by Gasteiger charge is 2.24. The Hall–Kier alpha value is -2.64. The number of nitrogens with zero attached hydrogens (tertiary/aromatic N) is 5. The highest BCUT2D eigenvalue weighted by atomic mass is 16.5. The van der Waals surface area contributed by atoms with E-state index in [9.17, 15) is 4.79 Å². The second kappa shape index (κ2) is 8.83. The number of carbonyl (C=O) groups excluding carboxylic acids is 1. The maximum absolute atomic E-state index is 12.7. The molecule has 1 aromatic carbocycles. The zero-order valence-electron chi connectivity index (χ0n) is 16.2. The molecule has 0 unspecified atom stereocenters. The van der Waals surface area contributed by atoms with Gasteiger partial charge in [-0.3, -0.25) is 4.79 Å². The van der Waals surface area contributed by atoms with Gasteiger partial charge in [0.1, 0.15) is 6.54 Å². The summed E-state index contributed by atoms with van der Waals surface area (Å²) in [6.45, 7) is 2.84. The molecule has 146 valence electrons. The summed E-state index contributed by atoms with van der Waals surface area (Å²) in [5.74, 6) is 1.72. The lowest BCUT2D eigenvalue weighted by atomic mass is 9.94. The van der Waals surface area contributed by atoms with Gasteiger partial charge in [0.2, 0.25) is 11.7 Å². The number of rotatable bonds is 7. The van der Waals surface area contributed by atoms with E-state index in [1.165, 1.54) is 24.1 Å². The molecule has 1 aliphatic rings. The molecular weight excluding hydrogens is 346 g/mol. The van der Waals surface area contributed by atoms with Gasteiger partial charge in [-0.25, -0.2) is 0 Å². The monoisotopic (exact) mass is 373 g/mol. The standard InChI is InChI=1S/C19H27N5O3/c1-4-23(15-8-6-5-7-9-15)18(25)13-24-21-19(20-22-24)14-10-11-16(26-2)17(12-14)27-3/h10-12,15H,4-9,13H2,1-3H3. The molecule has 2 aromatic rings. The Balaban J connectivity index is 1.71. The maximum Gasteiger partial charge on any atom is 0.246 e. The van der Waals surface area contributed by atoms with Crippen LogP contribution in [0.5, 0.6) is 11.5 Å². The normalized spacial score (nSPS) is 14.8. The van der Waals surface area contributed by atoms with Crippen molar-refractivity contribution in [1.82, 2.24) is 25.1 Å². The number of amides is 1. The summed E-state index contributed by atoms with van der Waals surface area (Å²) in [6.07, 6.45) is 5.82. The van der Waals surface area contributed by atoms with Crippen molar-refractivity contribution in [3.05, 3.63) is 18.2 Å². The first-order chi connectivity index (χ1) is 13.2. The molecule has 8 nitrogen and oxygen atoms in total. The fraction of sp³-hybridized carbons (Fsp3) is 0.579. The molecule has 0 bridgehead atoms. The SMILES string of the molecule is CCN(C(=O)Cn1nnc(-c2ccc(OC)c(OC)c2)n1)C1CCCCC1. The van der Waals surface area contributed by atoms with Gasteiger partial charge in [-0.1, -0.05) is 19.3 Å². The van der Waals surface area contributed by atoms with E-state index >= 15 is 0 Å². The molecule has 1 saturated carbocycles. The van der Waals surface area contributed by atoms with Crippen molar-refractivity contribution in [2.24, 2.45) is 0 Å². The van der Waals surface area contributed by atoms with E-state index in [0.29, 0.717) is 29.9 Å². The van der Waals surface area contributed by atoms with Crippen LogP contribution in [0.2, 0.25) is 0 Å². The molecule has 1 fully saturated rings. The second-order valence-electron chi connectivity index (χ2n) is 6.68. The molecular formula is C19H27N5O3. The fourth-order valence-corrected chi connectivity index (χ4v) is 3.64. The van der Waals surface area contributed by atoms with Crippen LogP contribution >= 0.6 is 0 Å². The number of likely N-dealkylation sites (N-methyl/N-ethyl adjacent to an activating group) is 1. The van der Waals surface area contributed by atoms with Crippen molar-refractivity contribution in [3.8, 4) is 22.9 Å². The Morgan fingerprint density at radius 1 is 1.19 bits per heavy atom. The lowest BCUT2D eigenvalue weighted by molar-refractivity contribution is -0.135. The predicted octanol–water partition coefficient (Wildman–Crippen LogP) is 2.54. The van der Waals surface area contributed by atoms with Crippen LogP contribution in [-0.4, -0.2) is 57.8 Å². The molecule has 8 heteroatoms. The number of aromatic nitrogens is 4. The molecule has 1 aromatic heterocycles. The van der Waals surface area contributed by atoms with Crippen LogP contribution in [0.15, 0.2) is 18.2 Å². The highest BCUT2D eigenvalue weighted by Crippen LogP contribution is 2.30. The Bertz CT molecular complexity index is 770. The predicted molar refractivity (Wildman–Crippen MR) is 101 cm³/mol. The minimum absolute atomic E-state index is 0.0423. The molecule has 1 amide bonds. The molecule has 0 atom stereocenters. The van der Waals surface area contributed by atoms with Crippen LogP contribution in [0.4, 0.5) is 0 Å². The minimum Gasteiger partial charge on any atom is -0.493 e. The third kappa shape index (κ3) is 4.37. The minimum atomic E-state index is 0.0423. The quantitative estimate of drug-likeness (QED) is 0.742. The van der Waals surface area contributed by atoms with E-state index < -0.39 is 0 Å². The van der Waals surface area contributed by atoms with Crippen LogP contribution in [0.25, 0.3) is 11.4 Å². The summed E-state index contributed by atoms with van der Waals surface area (Å²) in [6, 6.07) is 5.76. The second-order valence-corrected chi connectivity index (χ2v) is 6.68. The molecule has 3 rings (SSSR count). The number of benzene rings is 1. The van der Waals surface area contributed by atoms with E-state index in [1.807, 2.05) is 17.9 Å². The number of hydrogen-bond acceptors (Lipinski definition) is 6. The summed E-state index contributed by atoms with van der Waals surface area (Å²) in [4.78, 5) is 16.1. The molecule has 27 heavy (non-hydrogen) atoms. The van der Waals surface area contributed by atoms with E-state index in [1.54, 1.807) is 26.4 Å². The van der Waals surface area contributed by atoms with Crippen LogP contribution in [0.1, 0.15) is 39.0 Å². The smallest absolute Gasteiger partial charge is 0.246 e. The van der Waals surface area contributed by atoms with Crippen LogP contribution in [-0.2, 0) is 11.3 Å². The van der Waals surface area contributed by atoms with Gasteiger partial charge in [0, 0.05) is 18.2 Å². The molecule has 0 N–H and O–H groups in total. The van der Waals surface area contributed by atoms with Gasteiger partial charge in [0.25, 0.3) is 0 Å². The van der Waals surface area contributed by atoms with Crippen LogP contribution in [0, 0.1) is 0 Å². The molecule has 0 spiro atoms. The molecule has 0 aliphatic heterocycles. The average molecular weight is 373 g/mol. The van der Waals surface area contributed by atoms with Crippen molar-refractivity contribution in [1.29, 1.82) is 0 Å². The molecule has 0 saturated heterocycles. The van der Waals surface area contributed by atoms with E-state index in [0.717, 1.165) is 18.4 Å². The van der Waals surface area contributed by atoms with Crippen molar-refractivity contribution >= 4 is 5.91 Å². The number of hydrogen-bond donors (Lipinski definition) is 0. The lowest BCUT2D eigenvalue weighted by Gasteiger charge is -2.33. The number of methoxy groups -OCH3 is 2. The van der Waals surface area contributed by atoms with Crippen molar-refractivity contribution < 1.29 is 14.3 Å². The van der Waals surface area contributed by atoms with Gasteiger partial charge in [-0.2, -0.15) is 4.80 Å². The average Bonchev–Trinajstić information content (AvgIpc) is 3.17. The van der Waals surface area contributed by atoms with E-state index in [2.05, 4.69) is 15.4 Å². The topological polar surface area (TPSA) is 82.4 Å². The van der Waals surface area contributed by atoms with Crippen molar-refractivity contribution in [2.75, 3.05) is 20.8 Å². The fourth-order valence-electron chi connectivity index (χ4n) is 3.64. The number of ether oxygens (including phenoxy) is 2. The number of carbonyl (C=O) groups is 1. The Kier molecular flexibility index (Phi) is 6.26. The molecule has 0 radical (unpaired) electrons. The zero-order valence-corrected chi connectivity index (χ0v) is 16.2. The first-order valence-electron chi connectivity index (χ1n) is 9.46. The zero-order chi connectivity index (χ0) is 19.2. The van der Waals surface area contributed by atoms with Crippen molar-refractivity contribution in [3.63, 3.8) is 0 Å². The van der Waals surface area contributed by atoms with Gasteiger partial charge < -0.3 is 14.4 Å². The van der Waals surface area contributed by atoms with E-state index in [-0.39, 0.29) is 12.5 Å². The largest absolute Gasteiger partial charge is 0.493 e.